The van der Waals surface area contributed by atoms with Gasteiger partial charge in [-0.2, -0.15) is 0 Å². The van der Waals surface area contributed by atoms with E-state index in [1.54, 1.807) is 0 Å². The van der Waals surface area contributed by atoms with E-state index in [1.807, 2.05) is 25.2 Å². The monoisotopic (exact) mass is 241 g/mol. The fourth-order valence-corrected chi connectivity index (χ4v) is 1.86. The highest BCUT2D eigenvalue weighted by molar-refractivity contribution is 5.69. The standard InChI is InChI=1S/C15H19N3/c1-11-3-5-12(6-4-11)10-18(2)13-7-8-14(16)15(17)9-13/h3-9H,10,16-17H2,1-2H3. The molecule has 0 bridgehead atoms. The molecule has 2 rings (SSSR count). The molecule has 0 saturated heterocycles. The summed E-state index contributed by atoms with van der Waals surface area (Å²) < 4.78 is 0. The quantitative estimate of drug-likeness (QED) is 0.812. The summed E-state index contributed by atoms with van der Waals surface area (Å²) in [6, 6.07) is 14.3. The van der Waals surface area contributed by atoms with E-state index >= 15 is 0 Å². The zero-order chi connectivity index (χ0) is 13.1. The molecule has 3 nitrogen and oxygen atoms in total. The van der Waals surface area contributed by atoms with Gasteiger partial charge in [0.25, 0.3) is 0 Å². The van der Waals surface area contributed by atoms with Crippen molar-refractivity contribution in [2.75, 3.05) is 23.4 Å². The first-order chi connectivity index (χ1) is 8.56. The molecule has 0 saturated carbocycles. The zero-order valence-electron chi connectivity index (χ0n) is 10.9. The van der Waals surface area contributed by atoms with Crippen molar-refractivity contribution in [1.29, 1.82) is 0 Å². The molecule has 0 spiro atoms. The molecule has 0 fully saturated rings. The van der Waals surface area contributed by atoms with Gasteiger partial charge in [0, 0.05) is 19.3 Å². The highest BCUT2D eigenvalue weighted by atomic mass is 15.1. The minimum Gasteiger partial charge on any atom is -0.397 e. The Labute approximate surface area is 108 Å². The van der Waals surface area contributed by atoms with E-state index in [0.717, 1.165) is 12.2 Å². The molecule has 94 valence electrons. The Balaban J connectivity index is 2.13. The van der Waals surface area contributed by atoms with Crippen LogP contribution in [0.4, 0.5) is 17.1 Å². The second-order valence-corrected chi connectivity index (χ2v) is 4.65. The zero-order valence-corrected chi connectivity index (χ0v) is 10.9. The molecule has 0 aliphatic heterocycles. The molecular formula is C15H19N3. The fraction of sp³-hybridized carbons (Fsp3) is 0.200. The fourth-order valence-electron chi connectivity index (χ4n) is 1.86. The van der Waals surface area contributed by atoms with E-state index in [4.69, 9.17) is 11.5 Å². The Morgan fingerprint density at radius 1 is 0.944 bits per heavy atom. The molecule has 0 unspecified atom stereocenters. The molecular weight excluding hydrogens is 222 g/mol. The number of hydrogen-bond acceptors (Lipinski definition) is 3. The number of aryl methyl sites for hydroxylation is 1. The lowest BCUT2D eigenvalue weighted by atomic mass is 10.1. The van der Waals surface area contributed by atoms with Gasteiger partial charge in [-0.1, -0.05) is 29.8 Å². The normalized spacial score (nSPS) is 10.3. The Bertz CT molecular complexity index is 532. The minimum atomic E-state index is 0.627. The predicted octanol–water partition coefficient (Wildman–Crippen LogP) is 2.80. The summed E-state index contributed by atoms with van der Waals surface area (Å²) >= 11 is 0. The first-order valence-corrected chi connectivity index (χ1v) is 5.98. The Hall–Kier alpha value is -2.16. The van der Waals surface area contributed by atoms with Gasteiger partial charge in [-0.3, -0.25) is 0 Å². The molecule has 0 radical (unpaired) electrons. The Kier molecular flexibility index (Phi) is 3.42. The van der Waals surface area contributed by atoms with Gasteiger partial charge >= 0.3 is 0 Å². The van der Waals surface area contributed by atoms with Gasteiger partial charge in [0.2, 0.25) is 0 Å². The van der Waals surface area contributed by atoms with Crippen LogP contribution in [-0.4, -0.2) is 7.05 Å². The number of hydrogen-bond donors (Lipinski definition) is 2. The van der Waals surface area contributed by atoms with Gasteiger partial charge in [-0.05, 0) is 30.7 Å². The van der Waals surface area contributed by atoms with Crippen molar-refractivity contribution in [3.05, 3.63) is 53.6 Å². The van der Waals surface area contributed by atoms with Crippen molar-refractivity contribution in [2.45, 2.75) is 13.5 Å². The van der Waals surface area contributed by atoms with Crippen LogP contribution in [0.2, 0.25) is 0 Å². The largest absolute Gasteiger partial charge is 0.397 e. The average Bonchev–Trinajstić information content (AvgIpc) is 2.35. The van der Waals surface area contributed by atoms with E-state index < -0.39 is 0 Å². The predicted molar refractivity (Wildman–Crippen MR) is 78.6 cm³/mol. The van der Waals surface area contributed by atoms with E-state index in [-0.39, 0.29) is 0 Å². The maximum Gasteiger partial charge on any atom is 0.0568 e. The first-order valence-electron chi connectivity index (χ1n) is 5.98. The van der Waals surface area contributed by atoms with Crippen LogP contribution in [0.1, 0.15) is 11.1 Å². The summed E-state index contributed by atoms with van der Waals surface area (Å²) in [7, 11) is 2.05. The average molecular weight is 241 g/mol. The number of nitrogens with zero attached hydrogens (tertiary/aromatic N) is 1. The molecule has 3 heteroatoms. The molecule has 2 aromatic carbocycles. The van der Waals surface area contributed by atoms with Crippen LogP contribution >= 0.6 is 0 Å². The van der Waals surface area contributed by atoms with Crippen LogP contribution in [0.5, 0.6) is 0 Å². The SMILES string of the molecule is Cc1ccc(CN(C)c2ccc(N)c(N)c2)cc1. The van der Waals surface area contributed by atoms with Crippen molar-refractivity contribution in [3.63, 3.8) is 0 Å². The maximum atomic E-state index is 5.82. The van der Waals surface area contributed by atoms with Crippen LogP contribution in [0.3, 0.4) is 0 Å². The number of anilines is 3. The number of nitrogen functional groups attached to an aromatic ring is 2. The first kappa shape index (κ1) is 12.3. The summed E-state index contributed by atoms with van der Waals surface area (Å²) in [4.78, 5) is 2.15. The molecule has 18 heavy (non-hydrogen) atoms. The topological polar surface area (TPSA) is 55.3 Å². The van der Waals surface area contributed by atoms with Gasteiger partial charge in [-0.25, -0.2) is 0 Å². The van der Waals surface area contributed by atoms with E-state index in [2.05, 4.69) is 36.1 Å². The van der Waals surface area contributed by atoms with Crippen molar-refractivity contribution in [1.82, 2.24) is 0 Å². The highest BCUT2D eigenvalue weighted by Gasteiger charge is 2.04. The van der Waals surface area contributed by atoms with E-state index in [0.29, 0.717) is 11.4 Å². The van der Waals surface area contributed by atoms with Crippen molar-refractivity contribution in [2.24, 2.45) is 0 Å². The summed E-state index contributed by atoms with van der Waals surface area (Å²) in [6.07, 6.45) is 0. The molecule has 4 N–H and O–H groups in total. The highest BCUT2D eigenvalue weighted by Crippen LogP contribution is 2.23. The Morgan fingerprint density at radius 3 is 2.22 bits per heavy atom. The molecule has 0 heterocycles. The molecule has 2 aromatic rings. The van der Waals surface area contributed by atoms with Gasteiger partial charge in [-0.15, -0.1) is 0 Å². The number of nitrogens with two attached hydrogens (primary N) is 2. The number of benzene rings is 2. The van der Waals surface area contributed by atoms with Crippen LogP contribution in [0.25, 0.3) is 0 Å². The van der Waals surface area contributed by atoms with Gasteiger partial charge < -0.3 is 16.4 Å². The van der Waals surface area contributed by atoms with E-state index in [1.165, 1.54) is 11.1 Å². The van der Waals surface area contributed by atoms with Crippen molar-refractivity contribution >= 4 is 17.1 Å². The van der Waals surface area contributed by atoms with Gasteiger partial charge in [0.05, 0.1) is 11.4 Å². The molecule has 0 aromatic heterocycles. The molecule has 0 atom stereocenters. The van der Waals surface area contributed by atoms with Crippen molar-refractivity contribution in [3.8, 4) is 0 Å². The molecule has 0 aliphatic carbocycles. The van der Waals surface area contributed by atoms with Crippen LogP contribution in [0, 0.1) is 6.92 Å². The summed E-state index contributed by atoms with van der Waals surface area (Å²) in [5, 5.41) is 0. The lowest BCUT2D eigenvalue weighted by Gasteiger charge is -2.20. The third kappa shape index (κ3) is 2.74. The lowest BCUT2D eigenvalue weighted by Crippen LogP contribution is -2.16. The van der Waals surface area contributed by atoms with Gasteiger partial charge in [0.1, 0.15) is 0 Å². The third-order valence-corrected chi connectivity index (χ3v) is 3.05. The second kappa shape index (κ2) is 5.00. The summed E-state index contributed by atoms with van der Waals surface area (Å²) in [5.74, 6) is 0. The smallest absolute Gasteiger partial charge is 0.0568 e. The summed E-state index contributed by atoms with van der Waals surface area (Å²) in [6.45, 7) is 2.94. The maximum absolute atomic E-state index is 5.82. The van der Waals surface area contributed by atoms with Crippen molar-refractivity contribution < 1.29 is 0 Å². The van der Waals surface area contributed by atoms with Gasteiger partial charge in [0.15, 0.2) is 0 Å². The number of rotatable bonds is 3. The molecule has 0 aliphatic rings. The Morgan fingerprint density at radius 2 is 1.61 bits per heavy atom. The van der Waals surface area contributed by atoms with E-state index in [9.17, 15) is 0 Å². The molecule has 0 amide bonds. The lowest BCUT2D eigenvalue weighted by molar-refractivity contribution is 0.923. The third-order valence-electron chi connectivity index (χ3n) is 3.05. The second-order valence-electron chi connectivity index (χ2n) is 4.65. The minimum absolute atomic E-state index is 0.627. The van der Waals surface area contributed by atoms with Crippen LogP contribution in [0.15, 0.2) is 42.5 Å². The van der Waals surface area contributed by atoms with Crippen LogP contribution < -0.4 is 16.4 Å². The summed E-state index contributed by atoms with van der Waals surface area (Å²) in [5.41, 5.74) is 16.4. The van der Waals surface area contributed by atoms with Crippen LogP contribution in [-0.2, 0) is 6.54 Å².